The molecule has 1 N–H and O–H groups in total. The monoisotopic (exact) mass is 273 g/mol. The fraction of sp³-hybridized carbons (Fsp3) is 0.300. The molecule has 7 heteroatoms. The summed E-state index contributed by atoms with van der Waals surface area (Å²) in [5.41, 5.74) is 0. The zero-order valence-corrected chi connectivity index (χ0v) is 10.4. The molecule has 1 unspecified atom stereocenters. The Balaban J connectivity index is 2.17. The lowest BCUT2D eigenvalue weighted by molar-refractivity contribution is -0.136. The number of nitrogens with zero attached hydrogens (tertiary/aromatic N) is 2. The number of anilines is 1. The number of hydrogen-bond donors (Lipinski definition) is 1. The molecular weight excluding hydrogens is 265 g/mol. The van der Waals surface area contributed by atoms with Crippen LogP contribution < -0.4 is 5.32 Å². The molecule has 0 aliphatic carbocycles. The van der Waals surface area contributed by atoms with Gasteiger partial charge in [-0.2, -0.15) is 0 Å². The number of likely N-dealkylation sites (tertiary alicyclic amines) is 1. The van der Waals surface area contributed by atoms with Crippen LogP contribution in [0.1, 0.15) is 6.42 Å². The van der Waals surface area contributed by atoms with Gasteiger partial charge >= 0.3 is 0 Å². The number of rotatable bonds is 2. The Labute approximate surface area is 108 Å². The first-order valence-corrected chi connectivity index (χ1v) is 5.62. The zero-order chi connectivity index (χ0) is 12.6. The molecular formula is C10H9Cl2N3O2. The summed E-state index contributed by atoms with van der Waals surface area (Å²) in [7, 11) is 1.45. The minimum atomic E-state index is -0.612. The molecule has 1 saturated heterocycles. The highest BCUT2D eigenvalue weighted by Crippen LogP contribution is 2.25. The molecule has 0 aromatic carbocycles. The first-order valence-electron chi connectivity index (χ1n) is 4.87. The second-order valence-corrected chi connectivity index (χ2v) is 4.52. The van der Waals surface area contributed by atoms with Crippen molar-refractivity contribution in [3.63, 3.8) is 0 Å². The van der Waals surface area contributed by atoms with Gasteiger partial charge < -0.3 is 5.32 Å². The summed E-state index contributed by atoms with van der Waals surface area (Å²) in [5.74, 6) is -0.169. The second kappa shape index (κ2) is 4.50. The van der Waals surface area contributed by atoms with Gasteiger partial charge in [-0.25, -0.2) is 4.98 Å². The van der Waals surface area contributed by atoms with E-state index in [0.717, 1.165) is 4.90 Å². The first kappa shape index (κ1) is 12.1. The van der Waals surface area contributed by atoms with Crippen LogP contribution in [0, 0.1) is 0 Å². The average Bonchev–Trinajstić information content (AvgIpc) is 2.50. The van der Waals surface area contributed by atoms with E-state index in [1.165, 1.54) is 19.3 Å². The highest BCUT2D eigenvalue weighted by Gasteiger charge is 2.36. The maximum atomic E-state index is 11.6. The maximum Gasteiger partial charge on any atom is 0.251 e. The van der Waals surface area contributed by atoms with Crippen molar-refractivity contribution in [2.75, 3.05) is 12.4 Å². The van der Waals surface area contributed by atoms with E-state index in [1.54, 1.807) is 0 Å². The maximum absolute atomic E-state index is 11.6. The third-order valence-corrected chi connectivity index (χ3v) is 3.00. The zero-order valence-electron chi connectivity index (χ0n) is 8.91. The van der Waals surface area contributed by atoms with Crippen LogP contribution in [0.5, 0.6) is 0 Å². The van der Waals surface area contributed by atoms with Gasteiger partial charge in [0.15, 0.2) is 0 Å². The predicted molar refractivity (Wildman–Crippen MR) is 64.1 cm³/mol. The van der Waals surface area contributed by atoms with Crippen molar-refractivity contribution < 1.29 is 9.59 Å². The topological polar surface area (TPSA) is 62.3 Å². The Morgan fingerprint density at radius 3 is 2.71 bits per heavy atom. The highest BCUT2D eigenvalue weighted by atomic mass is 35.5. The summed E-state index contributed by atoms with van der Waals surface area (Å²) in [5, 5.41) is 3.55. The van der Waals surface area contributed by atoms with Gasteiger partial charge in [0.1, 0.15) is 11.9 Å². The van der Waals surface area contributed by atoms with Crippen LogP contribution in [0.3, 0.4) is 0 Å². The summed E-state index contributed by atoms with van der Waals surface area (Å²) in [6, 6.07) is 0.905. The molecule has 0 spiro atoms. The Morgan fingerprint density at radius 1 is 1.47 bits per heavy atom. The van der Waals surface area contributed by atoms with E-state index >= 15 is 0 Å². The molecule has 2 rings (SSSR count). The van der Waals surface area contributed by atoms with Gasteiger partial charge in [0.2, 0.25) is 5.91 Å². The molecule has 17 heavy (non-hydrogen) atoms. The Bertz CT molecular complexity index is 492. The summed E-state index contributed by atoms with van der Waals surface area (Å²) in [6.45, 7) is 0. The number of pyridine rings is 1. The molecule has 2 heterocycles. The molecule has 1 fully saturated rings. The SMILES string of the molecule is CN1C(=O)CC(Nc2ncc(Cl)cc2Cl)C1=O. The lowest BCUT2D eigenvalue weighted by Gasteiger charge is -2.12. The number of imide groups is 1. The molecule has 1 atom stereocenters. The minimum Gasteiger partial charge on any atom is -0.357 e. The fourth-order valence-electron chi connectivity index (χ4n) is 1.55. The van der Waals surface area contributed by atoms with Crippen LogP contribution in [0.25, 0.3) is 0 Å². The molecule has 2 amide bonds. The number of aromatic nitrogens is 1. The van der Waals surface area contributed by atoms with Crippen LogP contribution in [0.15, 0.2) is 12.3 Å². The van der Waals surface area contributed by atoms with Crippen molar-refractivity contribution in [2.24, 2.45) is 0 Å². The van der Waals surface area contributed by atoms with Crippen LogP contribution in [0.4, 0.5) is 5.82 Å². The summed E-state index contributed by atoms with van der Waals surface area (Å²) in [4.78, 5) is 28.0. The Kier molecular flexibility index (Phi) is 3.22. The third kappa shape index (κ3) is 2.35. The number of halogens is 2. The molecule has 1 aromatic rings. The van der Waals surface area contributed by atoms with E-state index in [9.17, 15) is 9.59 Å². The van der Waals surface area contributed by atoms with Crippen molar-refractivity contribution in [2.45, 2.75) is 12.5 Å². The predicted octanol–water partition coefficient (Wildman–Crippen LogP) is 1.56. The van der Waals surface area contributed by atoms with E-state index in [-0.39, 0.29) is 18.2 Å². The lowest BCUT2D eigenvalue weighted by atomic mass is 10.2. The summed E-state index contributed by atoms with van der Waals surface area (Å²) >= 11 is 11.6. The Morgan fingerprint density at radius 2 is 2.18 bits per heavy atom. The van der Waals surface area contributed by atoms with E-state index in [4.69, 9.17) is 23.2 Å². The molecule has 0 bridgehead atoms. The molecule has 1 aromatic heterocycles. The van der Waals surface area contributed by atoms with Crippen LogP contribution in [0.2, 0.25) is 10.0 Å². The van der Waals surface area contributed by atoms with Gasteiger partial charge in [0, 0.05) is 13.2 Å². The van der Waals surface area contributed by atoms with Gasteiger partial charge in [-0.3, -0.25) is 14.5 Å². The highest BCUT2D eigenvalue weighted by molar-refractivity contribution is 6.36. The van der Waals surface area contributed by atoms with Gasteiger partial charge in [0.05, 0.1) is 16.5 Å². The van der Waals surface area contributed by atoms with Crippen molar-refractivity contribution in [3.8, 4) is 0 Å². The normalized spacial score (nSPS) is 19.9. The van der Waals surface area contributed by atoms with E-state index in [2.05, 4.69) is 10.3 Å². The van der Waals surface area contributed by atoms with Crippen LogP contribution in [-0.4, -0.2) is 34.8 Å². The van der Waals surface area contributed by atoms with Crippen molar-refractivity contribution in [1.82, 2.24) is 9.88 Å². The smallest absolute Gasteiger partial charge is 0.251 e. The molecule has 0 saturated carbocycles. The standard InChI is InChI=1S/C10H9Cl2N3O2/c1-15-8(16)3-7(10(15)17)14-9-6(12)2-5(11)4-13-9/h2,4,7H,3H2,1H3,(H,13,14). The second-order valence-electron chi connectivity index (χ2n) is 3.68. The Hall–Kier alpha value is -1.33. The molecule has 90 valence electrons. The summed E-state index contributed by atoms with van der Waals surface area (Å²) < 4.78 is 0. The number of likely N-dealkylation sites (N-methyl/N-ethyl adjacent to an activating group) is 1. The average molecular weight is 274 g/mol. The molecule has 0 radical (unpaired) electrons. The van der Waals surface area contributed by atoms with Gasteiger partial charge in [0.25, 0.3) is 5.91 Å². The number of amides is 2. The van der Waals surface area contributed by atoms with E-state index in [1.807, 2.05) is 0 Å². The van der Waals surface area contributed by atoms with E-state index in [0.29, 0.717) is 15.9 Å². The minimum absolute atomic E-state index is 0.107. The molecule has 5 nitrogen and oxygen atoms in total. The number of carbonyl (C=O) groups is 2. The van der Waals surface area contributed by atoms with Crippen LogP contribution in [-0.2, 0) is 9.59 Å². The van der Waals surface area contributed by atoms with Crippen molar-refractivity contribution in [3.05, 3.63) is 22.3 Å². The summed E-state index contributed by atoms with van der Waals surface area (Å²) in [6.07, 6.45) is 1.52. The van der Waals surface area contributed by atoms with Crippen molar-refractivity contribution >= 4 is 40.8 Å². The molecule has 1 aliphatic rings. The van der Waals surface area contributed by atoms with E-state index < -0.39 is 6.04 Å². The third-order valence-electron chi connectivity index (χ3n) is 2.50. The quantitative estimate of drug-likeness (QED) is 0.831. The van der Waals surface area contributed by atoms with Crippen LogP contribution >= 0.6 is 23.2 Å². The van der Waals surface area contributed by atoms with Crippen molar-refractivity contribution in [1.29, 1.82) is 0 Å². The lowest BCUT2D eigenvalue weighted by Crippen LogP contribution is -2.32. The number of hydrogen-bond acceptors (Lipinski definition) is 4. The van der Waals surface area contributed by atoms with Gasteiger partial charge in [-0.05, 0) is 6.07 Å². The largest absolute Gasteiger partial charge is 0.357 e. The molecule has 1 aliphatic heterocycles. The number of carbonyl (C=O) groups excluding carboxylic acids is 2. The van der Waals surface area contributed by atoms with Gasteiger partial charge in [-0.15, -0.1) is 0 Å². The van der Waals surface area contributed by atoms with Gasteiger partial charge in [-0.1, -0.05) is 23.2 Å². The number of nitrogens with one attached hydrogen (secondary N) is 1. The first-order chi connectivity index (χ1) is 7.99. The fourth-order valence-corrected chi connectivity index (χ4v) is 1.99.